The predicted molar refractivity (Wildman–Crippen MR) is 81.8 cm³/mol. The lowest BCUT2D eigenvalue weighted by Gasteiger charge is -2.35. The molecular weight excluding hydrogens is 286 g/mol. The van der Waals surface area contributed by atoms with Crippen molar-refractivity contribution in [1.82, 2.24) is 9.80 Å². The molecule has 7 nitrogen and oxygen atoms in total. The summed E-state index contributed by atoms with van der Waals surface area (Å²) < 4.78 is 4.98. The van der Waals surface area contributed by atoms with Crippen LogP contribution >= 0.6 is 0 Å². The van der Waals surface area contributed by atoms with Gasteiger partial charge in [-0.3, -0.25) is 19.8 Å². The summed E-state index contributed by atoms with van der Waals surface area (Å²) in [6.07, 6.45) is 1.12. The maximum Gasteiger partial charge on any atom is 0.433 e. The summed E-state index contributed by atoms with van der Waals surface area (Å²) in [6.45, 7) is 10.6. The highest BCUT2D eigenvalue weighted by Gasteiger charge is 2.26. The minimum Gasteiger partial charge on any atom is -0.395 e. The van der Waals surface area contributed by atoms with Gasteiger partial charge in [0.15, 0.2) is 5.76 Å². The van der Waals surface area contributed by atoms with E-state index in [1.54, 1.807) is 4.90 Å². The van der Waals surface area contributed by atoms with Gasteiger partial charge in [0.2, 0.25) is 0 Å². The molecule has 1 amide bonds. The average Bonchev–Trinajstić information content (AvgIpc) is 2.94. The van der Waals surface area contributed by atoms with E-state index in [0.717, 1.165) is 26.1 Å². The summed E-state index contributed by atoms with van der Waals surface area (Å²) in [5, 5.41) is 10.6. The van der Waals surface area contributed by atoms with Gasteiger partial charge in [-0.25, -0.2) is 0 Å². The lowest BCUT2D eigenvalue weighted by atomic mass is 9.92. The Kier molecular flexibility index (Phi) is 4.85. The maximum atomic E-state index is 12.3. The summed E-state index contributed by atoms with van der Waals surface area (Å²) >= 11 is 0. The molecule has 1 fully saturated rings. The SMILES string of the molecule is CC(C)(C)CCN1CCN(C(=O)c2ccc([N+](=O)[O-])o2)CC1. The van der Waals surface area contributed by atoms with Gasteiger partial charge in [0, 0.05) is 26.2 Å². The zero-order chi connectivity index (χ0) is 16.3. The lowest BCUT2D eigenvalue weighted by molar-refractivity contribution is -0.402. The first-order chi connectivity index (χ1) is 10.3. The second-order valence-corrected chi connectivity index (χ2v) is 6.84. The Morgan fingerprint density at radius 3 is 2.41 bits per heavy atom. The summed E-state index contributed by atoms with van der Waals surface area (Å²) in [5.74, 6) is -0.634. The monoisotopic (exact) mass is 309 g/mol. The molecule has 1 aliphatic heterocycles. The third-order valence-corrected chi connectivity index (χ3v) is 3.82. The van der Waals surface area contributed by atoms with Crippen LogP contribution in [0.3, 0.4) is 0 Å². The molecule has 1 aromatic rings. The molecule has 2 rings (SSSR count). The Balaban J connectivity index is 1.85. The quantitative estimate of drug-likeness (QED) is 0.630. The van der Waals surface area contributed by atoms with Crippen molar-refractivity contribution in [3.63, 3.8) is 0 Å². The van der Waals surface area contributed by atoms with Crippen LogP contribution < -0.4 is 0 Å². The van der Waals surface area contributed by atoms with Gasteiger partial charge in [-0.2, -0.15) is 0 Å². The molecule has 122 valence electrons. The Morgan fingerprint density at radius 1 is 1.27 bits per heavy atom. The van der Waals surface area contributed by atoms with Crippen molar-refractivity contribution in [2.24, 2.45) is 5.41 Å². The molecule has 0 unspecified atom stereocenters. The van der Waals surface area contributed by atoms with E-state index in [1.807, 2.05) is 0 Å². The third kappa shape index (κ3) is 4.30. The minimum atomic E-state index is -0.638. The number of hydrogen-bond donors (Lipinski definition) is 0. The number of furan rings is 1. The van der Waals surface area contributed by atoms with E-state index < -0.39 is 10.8 Å². The molecule has 0 spiro atoms. The zero-order valence-electron chi connectivity index (χ0n) is 13.4. The van der Waals surface area contributed by atoms with Gasteiger partial charge < -0.3 is 9.32 Å². The highest BCUT2D eigenvalue weighted by atomic mass is 16.6. The molecule has 0 atom stereocenters. The lowest BCUT2D eigenvalue weighted by Crippen LogP contribution is -2.49. The smallest absolute Gasteiger partial charge is 0.395 e. The summed E-state index contributed by atoms with van der Waals surface area (Å²) in [5.41, 5.74) is 0.306. The highest BCUT2D eigenvalue weighted by Crippen LogP contribution is 2.20. The zero-order valence-corrected chi connectivity index (χ0v) is 13.4. The van der Waals surface area contributed by atoms with E-state index in [0.29, 0.717) is 18.5 Å². The predicted octanol–water partition coefficient (Wildman–Crippen LogP) is 2.38. The molecule has 1 aromatic heterocycles. The molecule has 0 aliphatic carbocycles. The van der Waals surface area contributed by atoms with Gasteiger partial charge in [-0.15, -0.1) is 0 Å². The minimum absolute atomic E-state index is 0.0369. The molecule has 1 aliphatic rings. The van der Waals surface area contributed by atoms with Crippen molar-refractivity contribution in [1.29, 1.82) is 0 Å². The number of nitro groups is 1. The molecule has 22 heavy (non-hydrogen) atoms. The van der Waals surface area contributed by atoms with Gasteiger partial charge in [-0.1, -0.05) is 20.8 Å². The Hall–Kier alpha value is -1.89. The fourth-order valence-electron chi connectivity index (χ4n) is 2.36. The van der Waals surface area contributed by atoms with Crippen LogP contribution in [-0.2, 0) is 0 Å². The summed E-state index contributed by atoms with van der Waals surface area (Å²) in [6, 6.07) is 2.58. The van der Waals surface area contributed by atoms with Crippen LogP contribution in [0.4, 0.5) is 5.88 Å². The van der Waals surface area contributed by atoms with Crippen molar-refractivity contribution in [3.05, 3.63) is 28.0 Å². The average molecular weight is 309 g/mol. The maximum absolute atomic E-state index is 12.3. The third-order valence-electron chi connectivity index (χ3n) is 3.82. The Labute approximate surface area is 130 Å². The Morgan fingerprint density at radius 2 is 1.91 bits per heavy atom. The molecular formula is C15H23N3O4. The highest BCUT2D eigenvalue weighted by molar-refractivity contribution is 5.91. The van der Waals surface area contributed by atoms with Crippen LogP contribution in [0.2, 0.25) is 0 Å². The summed E-state index contributed by atoms with van der Waals surface area (Å²) in [4.78, 5) is 26.2. The number of carbonyl (C=O) groups is 1. The van der Waals surface area contributed by atoms with Crippen LogP contribution in [0.25, 0.3) is 0 Å². The molecule has 2 heterocycles. The molecule has 7 heteroatoms. The van der Waals surface area contributed by atoms with Crippen LogP contribution in [0, 0.1) is 15.5 Å². The van der Waals surface area contributed by atoms with Crippen molar-refractivity contribution in [3.8, 4) is 0 Å². The molecule has 0 aromatic carbocycles. The number of carbonyl (C=O) groups excluding carboxylic acids is 1. The number of amides is 1. The van der Waals surface area contributed by atoms with Crippen LogP contribution in [0.5, 0.6) is 0 Å². The fourth-order valence-corrected chi connectivity index (χ4v) is 2.36. The van der Waals surface area contributed by atoms with Gasteiger partial charge in [0.25, 0.3) is 5.91 Å². The van der Waals surface area contributed by atoms with Gasteiger partial charge in [-0.05, 0) is 24.4 Å². The fraction of sp³-hybridized carbons (Fsp3) is 0.667. The van der Waals surface area contributed by atoms with Crippen molar-refractivity contribution in [2.75, 3.05) is 32.7 Å². The van der Waals surface area contributed by atoms with Gasteiger partial charge in [0.1, 0.15) is 4.92 Å². The number of hydrogen-bond acceptors (Lipinski definition) is 5. The topological polar surface area (TPSA) is 79.8 Å². The number of piperazine rings is 1. The molecule has 1 saturated heterocycles. The Bertz CT molecular complexity index is 539. The van der Waals surface area contributed by atoms with E-state index in [2.05, 4.69) is 25.7 Å². The van der Waals surface area contributed by atoms with Crippen molar-refractivity contribution < 1.29 is 14.1 Å². The van der Waals surface area contributed by atoms with E-state index in [-0.39, 0.29) is 11.7 Å². The largest absolute Gasteiger partial charge is 0.433 e. The first-order valence-corrected chi connectivity index (χ1v) is 7.52. The number of nitrogens with zero attached hydrogens (tertiary/aromatic N) is 3. The second-order valence-electron chi connectivity index (χ2n) is 6.84. The van der Waals surface area contributed by atoms with Crippen molar-refractivity contribution in [2.45, 2.75) is 27.2 Å². The van der Waals surface area contributed by atoms with Crippen molar-refractivity contribution >= 4 is 11.8 Å². The summed E-state index contributed by atoms with van der Waals surface area (Å²) in [7, 11) is 0. The molecule has 0 N–H and O–H groups in total. The molecule has 0 radical (unpaired) electrons. The second kappa shape index (κ2) is 6.48. The van der Waals surface area contributed by atoms with Crippen LogP contribution in [-0.4, -0.2) is 53.4 Å². The normalized spacial score (nSPS) is 16.8. The van der Waals surface area contributed by atoms with Crippen LogP contribution in [0.15, 0.2) is 16.5 Å². The van der Waals surface area contributed by atoms with Gasteiger partial charge >= 0.3 is 5.88 Å². The molecule has 0 bridgehead atoms. The first kappa shape index (κ1) is 16.5. The number of rotatable bonds is 4. The standard InChI is InChI=1S/C15H23N3O4/c1-15(2,3)6-7-16-8-10-17(11-9-16)14(19)12-4-5-13(22-12)18(20)21/h4-5H,6-11H2,1-3H3. The van der Waals surface area contributed by atoms with Gasteiger partial charge in [0.05, 0.1) is 6.07 Å². The first-order valence-electron chi connectivity index (χ1n) is 7.52. The van der Waals surface area contributed by atoms with E-state index in [1.165, 1.54) is 12.1 Å². The van der Waals surface area contributed by atoms with E-state index in [4.69, 9.17) is 4.42 Å². The van der Waals surface area contributed by atoms with E-state index >= 15 is 0 Å². The van der Waals surface area contributed by atoms with Crippen LogP contribution in [0.1, 0.15) is 37.7 Å². The molecule has 0 saturated carbocycles. The van der Waals surface area contributed by atoms with E-state index in [9.17, 15) is 14.9 Å².